The van der Waals surface area contributed by atoms with Crippen molar-refractivity contribution < 1.29 is 9.53 Å². The van der Waals surface area contributed by atoms with Crippen LogP contribution in [0.4, 0.5) is 5.13 Å². The number of hydrogen-bond donors (Lipinski definition) is 1. The molecule has 1 aromatic heterocycles. The van der Waals surface area contributed by atoms with E-state index in [1.54, 1.807) is 6.20 Å². The maximum Gasteiger partial charge on any atom is 0.349 e. The van der Waals surface area contributed by atoms with Crippen LogP contribution in [0.5, 0.6) is 0 Å². The van der Waals surface area contributed by atoms with E-state index in [0.29, 0.717) is 10.9 Å². The van der Waals surface area contributed by atoms with Crippen LogP contribution in [-0.2, 0) is 4.74 Å². The molecule has 82 valence electrons. The van der Waals surface area contributed by atoms with Crippen LogP contribution in [0.15, 0.2) is 6.20 Å². The van der Waals surface area contributed by atoms with Gasteiger partial charge in [0.15, 0.2) is 5.13 Å². The highest BCUT2D eigenvalue weighted by molar-refractivity contribution is 7.17. The van der Waals surface area contributed by atoms with Gasteiger partial charge >= 0.3 is 5.97 Å². The van der Waals surface area contributed by atoms with Crippen molar-refractivity contribution in [2.24, 2.45) is 5.92 Å². The van der Waals surface area contributed by atoms with Gasteiger partial charge in [0, 0.05) is 6.04 Å². The zero-order valence-electron chi connectivity index (χ0n) is 8.82. The van der Waals surface area contributed by atoms with Crippen molar-refractivity contribution in [1.82, 2.24) is 4.98 Å². The number of nitrogens with one attached hydrogen (secondary N) is 1. The predicted octanol–water partition coefficient (Wildman–Crippen LogP) is 2.14. The molecular weight excluding hydrogens is 212 g/mol. The number of carbonyl (C=O) groups excluding carboxylic acids is 1. The van der Waals surface area contributed by atoms with Gasteiger partial charge in [-0.05, 0) is 12.3 Å². The van der Waals surface area contributed by atoms with E-state index in [4.69, 9.17) is 0 Å². The van der Waals surface area contributed by atoms with E-state index in [-0.39, 0.29) is 5.97 Å². The molecule has 4 nitrogen and oxygen atoms in total. The Labute approximate surface area is 92.7 Å². The molecule has 0 amide bonds. The number of nitrogens with zero attached hydrogens (tertiary/aromatic N) is 1. The van der Waals surface area contributed by atoms with Gasteiger partial charge in [-0.15, -0.1) is 0 Å². The molecule has 1 aromatic rings. The third kappa shape index (κ3) is 2.28. The Balaban J connectivity index is 1.93. The lowest BCUT2D eigenvalue weighted by molar-refractivity contribution is 0.0606. The zero-order chi connectivity index (χ0) is 10.8. The van der Waals surface area contributed by atoms with Crippen molar-refractivity contribution in [1.29, 1.82) is 0 Å². The highest BCUT2D eigenvalue weighted by Crippen LogP contribution is 2.36. The van der Waals surface area contributed by atoms with Gasteiger partial charge in [0.1, 0.15) is 4.88 Å². The van der Waals surface area contributed by atoms with Gasteiger partial charge in [0.25, 0.3) is 0 Å². The van der Waals surface area contributed by atoms with Crippen molar-refractivity contribution in [3.63, 3.8) is 0 Å². The molecule has 0 saturated heterocycles. The van der Waals surface area contributed by atoms with E-state index in [0.717, 1.165) is 11.0 Å². The number of methoxy groups -OCH3 is 1. The molecule has 5 heteroatoms. The fourth-order valence-electron chi connectivity index (χ4n) is 1.57. The van der Waals surface area contributed by atoms with E-state index in [1.165, 1.54) is 31.3 Å². The Kier molecular flexibility index (Phi) is 2.90. The summed E-state index contributed by atoms with van der Waals surface area (Å²) in [5.41, 5.74) is 0. The average molecular weight is 226 g/mol. The monoisotopic (exact) mass is 226 g/mol. The van der Waals surface area contributed by atoms with E-state index in [2.05, 4.69) is 22.0 Å². The lowest BCUT2D eigenvalue weighted by Gasteiger charge is -1.98. The molecule has 1 fully saturated rings. The number of thiazole rings is 1. The minimum absolute atomic E-state index is 0.316. The first-order chi connectivity index (χ1) is 7.24. The summed E-state index contributed by atoms with van der Waals surface area (Å²) >= 11 is 1.35. The number of rotatable bonds is 4. The largest absolute Gasteiger partial charge is 0.465 e. The second-order valence-electron chi connectivity index (χ2n) is 3.68. The van der Waals surface area contributed by atoms with Crippen molar-refractivity contribution in [3.05, 3.63) is 11.1 Å². The Morgan fingerprint density at radius 1 is 1.80 bits per heavy atom. The molecule has 0 spiro atoms. The van der Waals surface area contributed by atoms with Crippen molar-refractivity contribution >= 4 is 22.4 Å². The lowest BCUT2D eigenvalue weighted by atomic mass is 10.3. The highest BCUT2D eigenvalue weighted by Gasteiger charge is 2.35. The van der Waals surface area contributed by atoms with Crippen LogP contribution in [0.25, 0.3) is 0 Å². The maximum atomic E-state index is 11.2. The molecule has 0 aromatic carbocycles. The van der Waals surface area contributed by atoms with Crippen LogP contribution in [0.3, 0.4) is 0 Å². The van der Waals surface area contributed by atoms with Crippen molar-refractivity contribution in [3.8, 4) is 0 Å². The number of esters is 1. The first-order valence-electron chi connectivity index (χ1n) is 5.05. The third-order valence-electron chi connectivity index (χ3n) is 2.65. The van der Waals surface area contributed by atoms with Gasteiger partial charge in [-0.3, -0.25) is 0 Å². The first kappa shape index (κ1) is 10.4. The van der Waals surface area contributed by atoms with E-state index >= 15 is 0 Å². The second-order valence-corrected chi connectivity index (χ2v) is 4.71. The van der Waals surface area contributed by atoms with Gasteiger partial charge in [0.05, 0.1) is 13.3 Å². The van der Waals surface area contributed by atoms with E-state index in [1.807, 2.05) is 0 Å². The van der Waals surface area contributed by atoms with E-state index in [9.17, 15) is 4.79 Å². The summed E-state index contributed by atoms with van der Waals surface area (Å²) in [6.45, 7) is 2.19. The molecule has 1 heterocycles. The molecule has 2 atom stereocenters. The Hall–Kier alpha value is -1.10. The van der Waals surface area contributed by atoms with Gasteiger partial charge in [0.2, 0.25) is 0 Å². The van der Waals surface area contributed by atoms with E-state index < -0.39 is 0 Å². The highest BCUT2D eigenvalue weighted by atomic mass is 32.1. The molecule has 2 unspecified atom stereocenters. The van der Waals surface area contributed by atoms with Crippen LogP contribution in [-0.4, -0.2) is 24.1 Å². The van der Waals surface area contributed by atoms with Gasteiger partial charge < -0.3 is 10.1 Å². The SMILES string of the molecule is CCC1CC1Nc1ncc(C(=O)OC)s1. The van der Waals surface area contributed by atoms with Gasteiger partial charge in [-0.25, -0.2) is 9.78 Å². The summed E-state index contributed by atoms with van der Waals surface area (Å²) in [7, 11) is 1.38. The fourth-order valence-corrected chi connectivity index (χ4v) is 2.37. The summed E-state index contributed by atoms with van der Waals surface area (Å²) in [5.74, 6) is 0.457. The van der Waals surface area contributed by atoms with Crippen molar-refractivity contribution in [2.45, 2.75) is 25.8 Å². The van der Waals surface area contributed by atoms with Crippen LogP contribution >= 0.6 is 11.3 Å². The number of anilines is 1. The van der Waals surface area contributed by atoms with Crippen molar-refractivity contribution in [2.75, 3.05) is 12.4 Å². The first-order valence-corrected chi connectivity index (χ1v) is 5.87. The molecule has 1 N–H and O–H groups in total. The standard InChI is InChI=1S/C10H14N2O2S/c1-3-6-4-7(6)12-10-11-5-8(15-10)9(13)14-2/h5-7H,3-4H2,1-2H3,(H,11,12). The molecule has 0 bridgehead atoms. The number of aromatic nitrogens is 1. The molecule has 0 aliphatic heterocycles. The molecule has 1 aliphatic rings. The van der Waals surface area contributed by atoms with Gasteiger partial charge in [-0.1, -0.05) is 24.7 Å². The zero-order valence-corrected chi connectivity index (χ0v) is 9.63. The summed E-state index contributed by atoms with van der Waals surface area (Å²) in [6, 6.07) is 0.548. The van der Waals surface area contributed by atoms with Gasteiger partial charge in [-0.2, -0.15) is 0 Å². The molecule has 15 heavy (non-hydrogen) atoms. The fraction of sp³-hybridized carbons (Fsp3) is 0.600. The maximum absolute atomic E-state index is 11.2. The van der Waals surface area contributed by atoms with Crippen LogP contribution < -0.4 is 5.32 Å². The summed E-state index contributed by atoms with van der Waals surface area (Å²) in [5, 5.41) is 4.13. The second kappa shape index (κ2) is 4.18. The molecular formula is C10H14N2O2S. The molecule has 1 aliphatic carbocycles. The molecule has 2 rings (SSSR count). The Morgan fingerprint density at radius 2 is 2.60 bits per heavy atom. The molecule has 0 radical (unpaired) electrons. The Bertz CT molecular complexity index is 364. The minimum atomic E-state index is -0.316. The average Bonchev–Trinajstić information content (AvgIpc) is 2.83. The number of carbonyl (C=O) groups is 1. The van der Waals surface area contributed by atoms with Crippen LogP contribution in [0.2, 0.25) is 0 Å². The minimum Gasteiger partial charge on any atom is -0.465 e. The topological polar surface area (TPSA) is 51.2 Å². The third-order valence-corrected chi connectivity index (χ3v) is 3.56. The predicted molar refractivity (Wildman–Crippen MR) is 59.3 cm³/mol. The summed E-state index contributed by atoms with van der Waals surface area (Å²) < 4.78 is 4.62. The Morgan fingerprint density at radius 3 is 3.20 bits per heavy atom. The van der Waals surface area contributed by atoms with Crippen LogP contribution in [0, 0.1) is 5.92 Å². The molecule has 1 saturated carbocycles. The quantitative estimate of drug-likeness (QED) is 0.799. The van der Waals surface area contributed by atoms with Crippen LogP contribution in [0.1, 0.15) is 29.4 Å². The normalized spacial score (nSPS) is 23.6. The number of hydrogen-bond acceptors (Lipinski definition) is 5. The summed E-state index contributed by atoms with van der Waals surface area (Å²) in [6.07, 6.45) is 3.97. The lowest BCUT2D eigenvalue weighted by Crippen LogP contribution is -2.03. The smallest absolute Gasteiger partial charge is 0.349 e. The summed E-state index contributed by atoms with van der Waals surface area (Å²) in [4.78, 5) is 15.9. The number of ether oxygens (including phenoxy) is 1.